The Bertz CT molecular complexity index is 1580. The molecule has 8 heteroatoms. The largest absolute Gasteiger partial charge is 0.494 e. The number of hydrogen-bond acceptors (Lipinski definition) is 7. The Morgan fingerprint density at radius 1 is 0.956 bits per heavy atom. The van der Waals surface area contributed by atoms with Crippen LogP contribution in [0, 0.1) is 5.92 Å². The average Bonchev–Trinajstić information content (AvgIpc) is 3.75. The summed E-state index contributed by atoms with van der Waals surface area (Å²) in [5, 5.41) is 5.25. The van der Waals surface area contributed by atoms with Gasteiger partial charge in [0.05, 0.1) is 13.7 Å². The van der Waals surface area contributed by atoms with E-state index >= 15 is 0 Å². The zero-order chi connectivity index (χ0) is 31.4. The quantitative estimate of drug-likeness (QED) is 0.0634. The van der Waals surface area contributed by atoms with E-state index in [2.05, 4.69) is 5.32 Å². The Kier molecular flexibility index (Phi) is 11.2. The predicted octanol–water partition coefficient (Wildman–Crippen LogP) is 6.90. The minimum atomic E-state index is -0.699. The average molecular weight is 623 g/mol. The second-order valence-corrected chi connectivity index (χ2v) is 12.1. The summed E-state index contributed by atoms with van der Waals surface area (Å²) in [5.41, 5.74) is 2.54. The first kappa shape index (κ1) is 31.7. The Morgan fingerprint density at radius 3 is 2.42 bits per heavy atom. The number of methoxy groups -OCH3 is 1. The molecule has 1 aliphatic carbocycles. The second-order valence-electron chi connectivity index (χ2n) is 11.1. The van der Waals surface area contributed by atoms with Gasteiger partial charge in [0, 0.05) is 47.3 Å². The van der Waals surface area contributed by atoms with Crippen LogP contribution < -0.4 is 10.1 Å². The van der Waals surface area contributed by atoms with E-state index in [-0.39, 0.29) is 11.7 Å². The number of para-hydroxylation sites is 1. The van der Waals surface area contributed by atoms with E-state index in [9.17, 15) is 14.4 Å². The molecule has 1 atom stereocenters. The number of amides is 1. The minimum absolute atomic E-state index is 0.0421. The molecule has 1 heterocycles. The number of nitrogens with zero attached hydrogens (tertiary/aromatic N) is 1. The number of thiophene rings is 1. The van der Waals surface area contributed by atoms with Gasteiger partial charge in [-0.25, -0.2) is 4.79 Å². The van der Waals surface area contributed by atoms with E-state index in [1.807, 2.05) is 77.0 Å². The van der Waals surface area contributed by atoms with Crippen LogP contribution in [-0.2, 0) is 20.7 Å². The first-order valence-electron chi connectivity index (χ1n) is 15.3. The standard InChI is InChI=1S/C37H38N2O5S/c1-43-37(42)34(38-33-13-6-5-12-32(33)36(41)29-9-3-2-4-10-29)25-27-16-18-30(19-17-27)44-23-8-22-39(26-28-14-15-28)35(40)21-20-31-11-7-24-45-31/h2-7,9-13,16-21,24,28,34,38H,8,14-15,22-23,25-26H2,1H3/t34-/m0/s1. The third kappa shape index (κ3) is 9.40. The van der Waals surface area contributed by atoms with Gasteiger partial charge in [-0.05, 0) is 72.5 Å². The Labute approximate surface area is 268 Å². The van der Waals surface area contributed by atoms with E-state index in [0.717, 1.165) is 29.2 Å². The number of esters is 1. The number of carbonyl (C=O) groups is 3. The monoisotopic (exact) mass is 622 g/mol. The van der Waals surface area contributed by atoms with Crippen molar-refractivity contribution in [3.63, 3.8) is 0 Å². The van der Waals surface area contributed by atoms with Crippen molar-refractivity contribution in [1.29, 1.82) is 0 Å². The molecule has 0 spiro atoms. The number of ketones is 1. The van der Waals surface area contributed by atoms with Crippen LogP contribution in [0.3, 0.4) is 0 Å². The Morgan fingerprint density at radius 2 is 1.71 bits per heavy atom. The molecule has 1 saturated carbocycles. The van der Waals surface area contributed by atoms with E-state index in [0.29, 0.717) is 42.3 Å². The van der Waals surface area contributed by atoms with Crippen molar-refractivity contribution in [2.75, 3.05) is 32.1 Å². The van der Waals surface area contributed by atoms with Crippen molar-refractivity contribution in [3.05, 3.63) is 124 Å². The van der Waals surface area contributed by atoms with Crippen LogP contribution in [-0.4, -0.2) is 55.4 Å². The molecular weight excluding hydrogens is 584 g/mol. The van der Waals surface area contributed by atoms with Crippen LogP contribution in [0.25, 0.3) is 6.08 Å². The minimum Gasteiger partial charge on any atom is -0.494 e. The van der Waals surface area contributed by atoms with Crippen LogP contribution >= 0.6 is 11.3 Å². The Hall–Kier alpha value is -4.69. The van der Waals surface area contributed by atoms with Gasteiger partial charge >= 0.3 is 5.97 Å². The molecule has 0 aliphatic heterocycles. The van der Waals surface area contributed by atoms with E-state index in [1.165, 1.54) is 20.0 Å². The number of rotatable bonds is 16. The maximum Gasteiger partial charge on any atom is 0.328 e. The maximum atomic E-state index is 13.2. The van der Waals surface area contributed by atoms with Crippen LogP contribution in [0.5, 0.6) is 5.75 Å². The van der Waals surface area contributed by atoms with Gasteiger partial charge in [0.25, 0.3) is 0 Å². The summed E-state index contributed by atoms with van der Waals surface area (Å²) in [6, 6.07) is 27.1. The molecular formula is C37H38N2O5S. The molecule has 1 fully saturated rings. The lowest BCUT2D eigenvalue weighted by Crippen LogP contribution is -2.33. The zero-order valence-corrected chi connectivity index (χ0v) is 26.2. The summed E-state index contributed by atoms with van der Waals surface area (Å²) >= 11 is 1.61. The van der Waals surface area contributed by atoms with Crippen molar-refractivity contribution in [1.82, 2.24) is 4.90 Å². The van der Waals surface area contributed by atoms with Gasteiger partial charge < -0.3 is 19.7 Å². The predicted molar refractivity (Wildman–Crippen MR) is 179 cm³/mol. The SMILES string of the molecule is COC(=O)[C@H](Cc1ccc(OCCCN(CC2CC2)C(=O)C=Cc2cccs2)cc1)Nc1ccccc1C(=O)c1ccccc1. The molecule has 45 heavy (non-hydrogen) atoms. The highest BCUT2D eigenvalue weighted by Gasteiger charge is 2.26. The van der Waals surface area contributed by atoms with Crippen LogP contribution in [0.2, 0.25) is 0 Å². The molecule has 1 aliphatic rings. The maximum absolute atomic E-state index is 13.2. The van der Waals surface area contributed by atoms with E-state index in [1.54, 1.807) is 47.7 Å². The summed E-state index contributed by atoms with van der Waals surface area (Å²) in [7, 11) is 1.36. The lowest BCUT2D eigenvalue weighted by atomic mass is 10.00. The summed E-state index contributed by atoms with van der Waals surface area (Å²) in [4.78, 5) is 41.8. The molecule has 1 aromatic heterocycles. The lowest BCUT2D eigenvalue weighted by Gasteiger charge is -2.21. The second kappa shape index (κ2) is 15.9. The topological polar surface area (TPSA) is 84.9 Å². The number of benzene rings is 3. The number of ether oxygens (including phenoxy) is 2. The molecule has 0 saturated heterocycles. The highest BCUT2D eigenvalue weighted by atomic mass is 32.1. The van der Waals surface area contributed by atoms with E-state index in [4.69, 9.17) is 9.47 Å². The van der Waals surface area contributed by atoms with Gasteiger partial charge in [-0.2, -0.15) is 0 Å². The van der Waals surface area contributed by atoms with Crippen molar-refractivity contribution >= 4 is 40.8 Å². The van der Waals surface area contributed by atoms with E-state index < -0.39 is 12.0 Å². The Balaban J connectivity index is 1.15. The molecule has 5 rings (SSSR count). The van der Waals surface area contributed by atoms with Crippen molar-refractivity contribution in [2.45, 2.75) is 31.7 Å². The van der Waals surface area contributed by atoms with Crippen molar-refractivity contribution in [3.8, 4) is 5.75 Å². The molecule has 0 radical (unpaired) electrons. The van der Waals surface area contributed by atoms with Gasteiger partial charge in [0.2, 0.25) is 5.91 Å². The molecule has 232 valence electrons. The summed E-state index contributed by atoms with van der Waals surface area (Å²) < 4.78 is 11.1. The highest BCUT2D eigenvalue weighted by molar-refractivity contribution is 7.10. The van der Waals surface area contributed by atoms with Gasteiger partial charge in [-0.15, -0.1) is 11.3 Å². The van der Waals surface area contributed by atoms with Crippen LogP contribution in [0.15, 0.2) is 102 Å². The van der Waals surface area contributed by atoms with Crippen LogP contribution in [0.1, 0.15) is 45.6 Å². The number of hydrogen-bond donors (Lipinski definition) is 1. The summed E-state index contributed by atoms with van der Waals surface area (Å²) in [5.74, 6) is 0.823. The molecule has 3 aromatic carbocycles. The summed E-state index contributed by atoms with van der Waals surface area (Å²) in [6.07, 6.45) is 7.01. The van der Waals surface area contributed by atoms with Gasteiger partial charge in [0.1, 0.15) is 11.8 Å². The van der Waals surface area contributed by atoms with Crippen molar-refractivity contribution in [2.24, 2.45) is 5.92 Å². The van der Waals surface area contributed by atoms with Gasteiger partial charge in [0.15, 0.2) is 5.78 Å². The fourth-order valence-electron chi connectivity index (χ4n) is 5.03. The normalized spacial score (nSPS) is 13.3. The molecule has 1 amide bonds. The number of nitrogens with one attached hydrogen (secondary N) is 1. The zero-order valence-electron chi connectivity index (χ0n) is 25.4. The number of anilines is 1. The lowest BCUT2D eigenvalue weighted by molar-refractivity contribution is -0.141. The number of carbonyl (C=O) groups excluding carboxylic acids is 3. The molecule has 0 unspecified atom stereocenters. The highest BCUT2D eigenvalue weighted by Crippen LogP contribution is 2.30. The molecule has 1 N–H and O–H groups in total. The smallest absolute Gasteiger partial charge is 0.328 e. The first-order chi connectivity index (χ1) is 22.0. The fraction of sp³-hybridized carbons (Fsp3) is 0.270. The third-order valence-electron chi connectivity index (χ3n) is 7.65. The molecule has 7 nitrogen and oxygen atoms in total. The third-order valence-corrected chi connectivity index (χ3v) is 8.49. The fourth-order valence-corrected chi connectivity index (χ4v) is 5.64. The molecule has 0 bridgehead atoms. The molecule has 4 aromatic rings. The van der Waals surface area contributed by atoms with Gasteiger partial charge in [-0.1, -0.05) is 60.7 Å². The first-order valence-corrected chi connectivity index (χ1v) is 16.1. The van der Waals surface area contributed by atoms with Gasteiger partial charge in [-0.3, -0.25) is 9.59 Å². The van der Waals surface area contributed by atoms with Crippen LogP contribution in [0.4, 0.5) is 5.69 Å². The van der Waals surface area contributed by atoms with Crippen molar-refractivity contribution < 1.29 is 23.9 Å². The summed E-state index contributed by atoms with van der Waals surface area (Å²) in [6.45, 7) is 1.92.